The molecule has 158 valence electrons. The van der Waals surface area contributed by atoms with Gasteiger partial charge >= 0.3 is 0 Å². The summed E-state index contributed by atoms with van der Waals surface area (Å²) in [6, 6.07) is 0. The van der Waals surface area contributed by atoms with Gasteiger partial charge in [0.25, 0.3) is 0 Å². The van der Waals surface area contributed by atoms with E-state index in [9.17, 15) is 4.79 Å². The second-order valence-electron chi connectivity index (χ2n) is 6.19. The van der Waals surface area contributed by atoms with Crippen molar-refractivity contribution >= 4 is 17.7 Å². The maximum absolute atomic E-state index is 10.9. The van der Waals surface area contributed by atoms with Crippen LogP contribution in [-0.4, -0.2) is 96.6 Å². The van der Waals surface area contributed by atoms with Crippen LogP contribution < -0.4 is 5.32 Å². The third-order valence-corrected chi connectivity index (χ3v) is 4.96. The molecule has 10 heteroatoms. The fraction of sp³-hybridized carbons (Fsp3) is 0.722. The van der Waals surface area contributed by atoms with E-state index in [1.54, 1.807) is 0 Å². The monoisotopic (exact) mass is 413 g/mol. The van der Waals surface area contributed by atoms with Crippen LogP contribution in [0.4, 0.5) is 0 Å². The molecule has 0 unspecified atom stereocenters. The lowest BCUT2D eigenvalue weighted by Gasteiger charge is -2.24. The Labute approximate surface area is 170 Å². The van der Waals surface area contributed by atoms with Gasteiger partial charge in [0.15, 0.2) is 0 Å². The largest absolute Gasteiger partial charge is 0.377 e. The Morgan fingerprint density at radius 3 is 2.54 bits per heavy atom. The Bertz CT molecular complexity index is 566. The van der Waals surface area contributed by atoms with Crippen LogP contribution in [0.1, 0.15) is 5.69 Å². The quantitative estimate of drug-likeness (QED) is 0.322. The van der Waals surface area contributed by atoms with Crippen LogP contribution in [0, 0.1) is 0 Å². The number of carbonyl (C=O) groups excluding carboxylic acids is 1. The van der Waals surface area contributed by atoms with Gasteiger partial charge in [0.2, 0.25) is 5.91 Å². The molecule has 1 saturated heterocycles. The van der Waals surface area contributed by atoms with Crippen LogP contribution in [0.25, 0.3) is 0 Å². The highest BCUT2D eigenvalue weighted by Gasteiger charge is 2.12. The highest BCUT2D eigenvalue weighted by molar-refractivity contribution is 7.99. The van der Waals surface area contributed by atoms with Crippen molar-refractivity contribution in [3.63, 3.8) is 0 Å². The molecule has 28 heavy (non-hydrogen) atoms. The predicted octanol–water partition coefficient (Wildman–Crippen LogP) is 0.179. The SMILES string of the molecule is C=CC(=O)NCCOCCOCCOCCn1cc(CN2CCSCC2)nn1. The van der Waals surface area contributed by atoms with Crippen molar-refractivity contribution in [2.75, 3.05) is 70.8 Å². The third-order valence-electron chi connectivity index (χ3n) is 4.02. The van der Waals surface area contributed by atoms with Crippen LogP contribution in [0.3, 0.4) is 0 Å². The van der Waals surface area contributed by atoms with Gasteiger partial charge in [0.05, 0.1) is 51.9 Å². The van der Waals surface area contributed by atoms with Gasteiger partial charge in [-0.1, -0.05) is 11.8 Å². The summed E-state index contributed by atoms with van der Waals surface area (Å²) >= 11 is 2.01. The molecule has 0 radical (unpaired) electrons. The van der Waals surface area contributed by atoms with Crippen molar-refractivity contribution < 1.29 is 19.0 Å². The van der Waals surface area contributed by atoms with E-state index in [1.807, 2.05) is 22.6 Å². The molecule has 0 atom stereocenters. The average molecular weight is 414 g/mol. The summed E-state index contributed by atoms with van der Waals surface area (Å²) in [5.41, 5.74) is 1.01. The van der Waals surface area contributed by atoms with E-state index < -0.39 is 0 Å². The zero-order chi connectivity index (χ0) is 19.9. The van der Waals surface area contributed by atoms with Crippen molar-refractivity contribution in [3.05, 3.63) is 24.5 Å². The summed E-state index contributed by atoms with van der Waals surface area (Å²) < 4.78 is 18.1. The molecule has 0 aliphatic carbocycles. The van der Waals surface area contributed by atoms with Crippen LogP contribution in [-0.2, 0) is 32.1 Å². The Morgan fingerprint density at radius 1 is 1.14 bits per heavy atom. The number of rotatable bonds is 15. The highest BCUT2D eigenvalue weighted by Crippen LogP contribution is 2.11. The topological polar surface area (TPSA) is 90.7 Å². The summed E-state index contributed by atoms with van der Waals surface area (Å²) in [5.74, 6) is 2.20. The molecular formula is C18H31N5O4S. The summed E-state index contributed by atoms with van der Waals surface area (Å²) in [7, 11) is 0. The van der Waals surface area contributed by atoms with Gasteiger partial charge in [-0.2, -0.15) is 11.8 Å². The van der Waals surface area contributed by atoms with Crippen molar-refractivity contribution in [1.29, 1.82) is 0 Å². The zero-order valence-corrected chi connectivity index (χ0v) is 17.2. The van der Waals surface area contributed by atoms with Crippen molar-refractivity contribution in [3.8, 4) is 0 Å². The number of amides is 1. The first kappa shape index (κ1) is 22.8. The first-order chi connectivity index (χ1) is 13.8. The lowest BCUT2D eigenvalue weighted by molar-refractivity contribution is -0.116. The normalized spacial score (nSPS) is 14.9. The van der Waals surface area contributed by atoms with E-state index in [2.05, 4.69) is 27.1 Å². The molecule has 2 rings (SSSR count). The van der Waals surface area contributed by atoms with Crippen LogP contribution >= 0.6 is 11.8 Å². The molecule has 0 spiro atoms. The first-order valence-corrected chi connectivity index (χ1v) is 10.8. The van der Waals surface area contributed by atoms with E-state index in [-0.39, 0.29) is 5.91 Å². The fourth-order valence-electron chi connectivity index (χ4n) is 2.53. The number of ether oxygens (including phenoxy) is 3. The molecule has 1 aliphatic rings. The molecule has 1 aliphatic heterocycles. The minimum Gasteiger partial charge on any atom is -0.377 e. The highest BCUT2D eigenvalue weighted by atomic mass is 32.2. The Hall–Kier alpha value is -1.46. The molecule has 1 N–H and O–H groups in total. The first-order valence-electron chi connectivity index (χ1n) is 9.60. The summed E-state index contributed by atoms with van der Waals surface area (Å²) in [6.45, 7) is 10.7. The number of nitrogens with zero attached hydrogens (tertiary/aromatic N) is 4. The lowest BCUT2D eigenvalue weighted by Crippen LogP contribution is -2.32. The molecule has 0 aromatic carbocycles. The Kier molecular flexibility index (Phi) is 11.8. The van der Waals surface area contributed by atoms with Crippen LogP contribution in [0.15, 0.2) is 18.9 Å². The van der Waals surface area contributed by atoms with Gasteiger partial charge in [0.1, 0.15) is 0 Å². The van der Waals surface area contributed by atoms with E-state index in [0.717, 1.165) is 25.3 Å². The molecule has 9 nitrogen and oxygen atoms in total. The smallest absolute Gasteiger partial charge is 0.243 e. The Morgan fingerprint density at radius 2 is 1.82 bits per heavy atom. The zero-order valence-electron chi connectivity index (χ0n) is 16.4. The maximum atomic E-state index is 10.9. The molecule has 1 aromatic heterocycles. The standard InChI is InChI=1S/C18H31N5O4S/c1-2-18(24)19-3-7-25-9-11-27-12-10-26-8-4-23-16-17(20-21-23)15-22-5-13-28-14-6-22/h2,16H,1,3-15H2,(H,19,24). The average Bonchev–Trinajstić information content (AvgIpc) is 3.16. The van der Waals surface area contributed by atoms with E-state index >= 15 is 0 Å². The van der Waals surface area contributed by atoms with E-state index in [1.165, 1.54) is 17.6 Å². The maximum Gasteiger partial charge on any atom is 0.243 e. The van der Waals surface area contributed by atoms with Gasteiger partial charge in [-0.05, 0) is 6.08 Å². The number of nitrogens with one attached hydrogen (secondary N) is 1. The lowest BCUT2D eigenvalue weighted by atomic mass is 10.4. The van der Waals surface area contributed by atoms with Gasteiger partial charge in [-0.25, -0.2) is 4.68 Å². The molecule has 2 heterocycles. The third kappa shape index (κ3) is 10.2. The summed E-state index contributed by atoms with van der Waals surface area (Å²) in [4.78, 5) is 13.3. The van der Waals surface area contributed by atoms with Gasteiger partial charge in [-0.15, -0.1) is 5.10 Å². The van der Waals surface area contributed by atoms with E-state index in [4.69, 9.17) is 14.2 Å². The minimum atomic E-state index is -0.194. The molecule has 1 aromatic rings. The Balaban J connectivity index is 1.38. The minimum absolute atomic E-state index is 0.194. The summed E-state index contributed by atoms with van der Waals surface area (Å²) in [5, 5.41) is 11.0. The van der Waals surface area contributed by atoms with Crippen molar-refractivity contribution in [1.82, 2.24) is 25.2 Å². The van der Waals surface area contributed by atoms with Gasteiger partial charge < -0.3 is 19.5 Å². The molecule has 1 amide bonds. The summed E-state index contributed by atoms with van der Waals surface area (Å²) in [6.07, 6.45) is 3.23. The van der Waals surface area contributed by atoms with Crippen LogP contribution in [0.5, 0.6) is 0 Å². The second-order valence-corrected chi connectivity index (χ2v) is 7.42. The fourth-order valence-corrected chi connectivity index (χ4v) is 3.51. The van der Waals surface area contributed by atoms with Gasteiger partial charge in [0, 0.05) is 43.9 Å². The number of hydrogen-bond acceptors (Lipinski definition) is 8. The van der Waals surface area contributed by atoms with Crippen molar-refractivity contribution in [2.45, 2.75) is 13.1 Å². The molecule has 0 saturated carbocycles. The number of thioether (sulfide) groups is 1. The number of hydrogen-bond donors (Lipinski definition) is 1. The number of carbonyl (C=O) groups is 1. The number of aromatic nitrogens is 3. The molecular weight excluding hydrogens is 382 g/mol. The van der Waals surface area contributed by atoms with Crippen molar-refractivity contribution in [2.24, 2.45) is 0 Å². The molecule has 1 fully saturated rings. The van der Waals surface area contributed by atoms with Crippen LogP contribution in [0.2, 0.25) is 0 Å². The predicted molar refractivity (Wildman–Crippen MR) is 108 cm³/mol. The second kappa shape index (κ2) is 14.5. The van der Waals surface area contributed by atoms with E-state index in [0.29, 0.717) is 52.7 Å². The van der Waals surface area contributed by atoms with Gasteiger partial charge in [-0.3, -0.25) is 9.69 Å². The molecule has 0 bridgehead atoms.